The minimum Gasteiger partial charge on any atom is -0.504 e. The third-order valence-electron chi connectivity index (χ3n) is 4.10. The molecule has 3 aromatic carbocycles. The SMILES string of the molecule is O=C1C(=Cc2ccc(O)c(O)c2)SC(=S)N1c1cccc2ccccc12. The Morgan fingerprint density at radius 1 is 0.962 bits per heavy atom. The van der Waals surface area contributed by atoms with Gasteiger partial charge in [-0.05, 0) is 35.2 Å². The van der Waals surface area contributed by atoms with Gasteiger partial charge in [0.2, 0.25) is 0 Å². The van der Waals surface area contributed by atoms with Crippen LogP contribution in [0.3, 0.4) is 0 Å². The number of amides is 1. The number of hydrogen-bond donors (Lipinski definition) is 2. The number of carbonyl (C=O) groups is 1. The number of nitrogens with zero attached hydrogens (tertiary/aromatic N) is 1. The summed E-state index contributed by atoms with van der Waals surface area (Å²) in [7, 11) is 0. The molecule has 26 heavy (non-hydrogen) atoms. The van der Waals surface area contributed by atoms with Crippen LogP contribution in [0, 0.1) is 0 Å². The average Bonchev–Trinajstić information content (AvgIpc) is 2.91. The molecule has 1 aliphatic rings. The highest BCUT2D eigenvalue weighted by Crippen LogP contribution is 2.39. The summed E-state index contributed by atoms with van der Waals surface area (Å²) in [5.74, 6) is -0.641. The highest BCUT2D eigenvalue weighted by atomic mass is 32.2. The van der Waals surface area contributed by atoms with Crippen molar-refractivity contribution in [3.63, 3.8) is 0 Å². The van der Waals surface area contributed by atoms with Gasteiger partial charge in [-0.25, -0.2) is 0 Å². The van der Waals surface area contributed by atoms with E-state index >= 15 is 0 Å². The molecule has 1 amide bonds. The Bertz CT molecular complexity index is 1090. The zero-order chi connectivity index (χ0) is 18.3. The van der Waals surface area contributed by atoms with Gasteiger partial charge in [-0.2, -0.15) is 0 Å². The summed E-state index contributed by atoms with van der Waals surface area (Å²) in [5.41, 5.74) is 1.36. The van der Waals surface area contributed by atoms with Crippen molar-refractivity contribution in [3.05, 3.63) is 71.1 Å². The molecular formula is C20H13NO3S2. The first-order chi connectivity index (χ1) is 12.5. The predicted molar refractivity (Wildman–Crippen MR) is 109 cm³/mol. The maximum absolute atomic E-state index is 13.0. The largest absolute Gasteiger partial charge is 0.504 e. The zero-order valence-electron chi connectivity index (χ0n) is 13.4. The molecule has 0 spiro atoms. The molecule has 128 valence electrons. The van der Waals surface area contributed by atoms with Crippen molar-refractivity contribution in [2.24, 2.45) is 0 Å². The molecule has 0 atom stereocenters. The van der Waals surface area contributed by atoms with E-state index in [-0.39, 0.29) is 17.4 Å². The third-order valence-corrected chi connectivity index (χ3v) is 5.40. The van der Waals surface area contributed by atoms with Crippen LogP contribution in [-0.4, -0.2) is 20.4 Å². The van der Waals surface area contributed by atoms with Gasteiger partial charge in [-0.1, -0.05) is 66.4 Å². The van der Waals surface area contributed by atoms with Crippen molar-refractivity contribution >= 4 is 56.7 Å². The lowest BCUT2D eigenvalue weighted by atomic mass is 10.1. The van der Waals surface area contributed by atoms with E-state index in [4.69, 9.17) is 12.2 Å². The molecule has 4 nitrogen and oxygen atoms in total. The Hall–Kier alpha value is -2.83. The predicted octanol–water partition coefficient (Wildman–Crippen LogP) is 4.66. The van der Waals surface area contributed by atoms with Gasteiger partial charge in [0.05, 0.1) is 10.6 Å². The fraction of sp³-hybridized carbons (Fsp3) is 0. The summed E-state index contributed by atoms with van der Waals surface area (Å²) in [4.78, 5) is 15.0. The summed E-state index contributed by atoms with van der Waals surface area (Å²) in [6.45, 7) is 0. The molecule has 0 radical (unpaired) electrons. The van der Waals surface area contributed by atoms with Crippen molar-refractivity contribution in [2.75, 3.05) is 4.90 Å². The van der Waals surface area contributed by atoms with Crippen LogP contribution in [0.15, 0.2) is 65.6 Å². The number of anilines is 1. The maximum Gasteiger partial charge on any atom is 0.270 e. The number of benzene rings is 3. The average molecular weight is 379 g/mol. The lowest BCUT2D eigenvalue weighted by Gasteiger charge is -2.17. The Balaban J connectivity index is 1.75. The molecule has 0 bridgehead atoms. The van der Waals surface area contributed by atoms with E-state index in [1.807, 2.05) is 42.5 Å². The first kappa shape index (κ1) is 16.6. The standard InChI is InChI=1S/C20H13NO3S2/c22-16-9-8-12(10-17(16)23)11-18-19(24)21(20(25)26-18)15-7-3-5-13-4-1-2-6-14(13)15/h1-11,22-23H. The van der Waals surface area contributed by atoms with Gasteiger partial charge in [0.1, 0.15) is 0 Å². The molecular weight excluding hydrogens is 366 g/mol. The van der Waals surface area contributed by atoms with E-state index in [2.05, 4.69) is 0 Å². The second-order valence-electron chi connectivity index (χ2n) is 5.76. The van der Waals surface area contributed by atoms with Crippen LogP contribution in [0.25, 0.3) is 16.8 Å². The number of thioether (sulfide) groups is 1. The molecule has 6 heteroatoms. The van der Waals surface area contributed by atoms with Gasteiger partial charge in [-0.15, -0.1) is 0 Å². The molecule has 0 aliphatic carbocycles. The van der Waals surface area contributed by atoms with Crippen LogP contribution < -0.4 is 4.90 Å². The summed E-state index contributed by atoms with van der Waals surface area (Å²) in [6.07, 6.45) is 1.66. The lowest BCUT2D eigenvalue weighted by molar-refractivity contribution is -0.113. The first-order valence-corrected chi connectivity index (χ1v) is 9.05. The summed E-state index contributed by atoms with van der Waals surface area (Å²) >= 11 is 6.66. The number of hydrogen-bond acceptors (Lipinski definition) is 5. The number of phenols is 2. The maximum atomic E-state index is 13.0. The Kier molecular flexibility index (Phi) is 4.14. The molecule has 3 aromatic rings. The fourth-order valence-corrected chi connectivity index (χ4v) is 4.15. The molecule has 2 N–H and O–H groups in total. The van der Waals surface area contributed by atoms with Crippen LogP contribution in [0.4, 0.5) is 5.69 Å². The Morgan fingerprint density at radius 3 is 2.54 bits per heavy atom. The van der Waals surface area contributed by atoms with E-state index in [1.165, 1.54) is 28.8 Å². The van der Waals surface area contributed by atoms with E-state index in [1.54, 1.807) is 12.1 Å². The molecule has 0 unspecified atom stereocenters. The quantitative estimate of drug-likeness (QED) is 0.385. The Labute approximate surface area is 159 Å². The van der Waals surface area contributed by atoms with Crippen molar-refractivity contribution < 1.29 is 15.0 Å². The minimum atomic E-state index is -0.233. The molecule has 0 aromatic heterocycles. The van der Waals surface area contributed by atoms with Crippen molar-refractivity contribution in [2.45, 2.75) is 0 Å². The molecule has 4 rings (SSSR count). The van der Waals surface area contributed by atoms with Crippen molar-refractivity contribution in [1.82, 2.24) is 0 Å². The molecule has 0 saturated carbocycles. The van der Waals surface area contributed by atoms with Crippen LogP contribution in [0.5, 0.6) is 11.5 Å². The number of carbonyl (C=O) groups excluding carboxylic acids is 1. The minimum absolute atomic E-state index is 0.203. The van der Waals surface area contributed by atoms with Crippen LogP contribution in [-0.2, 0) is 4.79 Å². The second kappa shape index (κ2) is 6.48. The summed E-state index contributed by atoms with van der Waals surface area (Å²) in [6, 6.07) is 18.0. The third kappa shape index (κ3) is 2.83. The van der Waals surface area contributed by atoms with Crippen molar-refractivity contribution in [1.29, 1.82) is 0 Å². The number of rotatable bonds is 2. The number of aromatic hydroxyl groups is 2. The Morgan fingerprint density at radius 2 is 1.73 bits per heavy atom. The van der Waals surface area contributed by atoms with Crippen LogP contribution in [0.2, 0.25) is 0 Å². The monoisotopic (exact) mass is 379 g/mol. The molecule has 1 heterocycles. The van der Waals surface area contributed by atoms with E-state index in [0.717, 1.165) is 16.5 Å². The topological polar surface area (TPSA) is 60.8 Å². The number of fused-ring (bicyclic) bond motifs is 1. The normalized spacial score (nSPS) is 16.0. The molecule has 1 aliphatic heterocycles. The summed E-state index contributed by atoms with van der Waals surface area (Å²) < 4.78 is 0.459. The van der Waals surface area contributed by atoms with Crippen LogP contribution in [0.1, 0.15) is 5.56 Å². The van der Waals surface area contributed by atoms with Crippen LogP contribution >= 0.6 is 24.0 Å². The van der Waals surface area contributed by atoms with Gasteiger partial charge in [-0.3, -0.25) is 9.69 Å². The van der Waals surface area contributed by atoms with E-state index < -0.39 is 0 Å². The highest BCUT2D eigenvalue weighted by Gasteiger charge is 2.34. The summed E-state index contributed by atoms with van der Waals surface area (Å²) in [5, 5.41) is 21.0. The number of phenolic OH excluding ortho intramolecular Hbond substituents is 2. The van der Waals surface area contributed by atoms with Gasteiger partial charge in [0, 0.05) is 5.39 Å². The second-order valence-corrected chi connectivity index (χ2v) is 7.44. The van der Waals surface area contributed by atoms with E-state index in [9.17, 15) is 15.0 Å². The van der Waals surface area contributed by atoms with Gasteiger partial charge in [0.25, 0.3) is 5.91 Å². The van der Waals surface area contributed by atoms with Crippen molar-refractivity contribution in [3.8, 4) is 11.5 Å². The number of thiocarbonyl (C=S) groups is 1. The molecule has 1 fully saturated rings. The van der Waals surface area contributed by atoms with E-state index in [0.29, 0.717) is 14.8 Å². The van der Waals surface area contributed by atoms with Gasteiger partial charge < -0.3 is 10.2 Å². The fourth-order valence-electron chi connectivity index (χ4n) is 2.86. The highest BCUT2D eigenvalue weighted by molar-refractivity contribution is 8.27. The lowest BCUT2D eigenvalue weighted by Crippen LogP contribution is -2.27. The smallest absolute Gasteiger partial charge is 0.270 e. The van der Waals surface area contributed by atoms with Gasteiger partial charge in [0.15, 0.2) is 15.8 Å². The molecule has 1 saturated heterocycles. The van der Waals surface area contributed by atoms with Gasteiger partial charge >= 0.3 is 0 Å². The zero-order valence-corrected chi connectivity index (χ0v) is 15.1. The first-order valence-electron chi connectivity index (χ1n) is 7.82.